The van der Waals surface area contributed by atoms with Crippen molar-refractivity contribution in [2.45, 2.75) is 319 Å². The maximum atomic E-state index is 11.9. The van der Waals surface area contributed by atoms with Gasteiger partial charge in [-0.25, -0.2) is 0 Å². The van der Waals surface area contributed by atoms with E-state index in [1.165, 1.54) is 192 Å². The van der Waals surface area contributed by atoms with E-state index < -0.39 is 19.2 Å². The standard InChI is InChI=1S/C19H29NO2.C17H26NO4P.C17H25NO.C17H23NO.2C4H8O.C4H9O.C2H6O.2CH4.Al.K.Li.4H/c1-15(14-19(21)22)8-4-2-3-5-10-17-13-12-16-9-6-7-11-18(16)20-17;1-21-23(20,22-2)13-16(19)9-5-4-8-15-12-11-14-7-3-6-10-17(14)18-15;2*1-2-7-16(19)10-5-4-9-15-13-12-14-8-3-6-11-17(14)18-15;2*1-2-4-5-3-1;1-4(2,3)5;1-3-2;;;;;;;;;/h12-13,15H,2-11,14H2,1H3,(H,21,22);11-12H,3-10,13H2,1-2H3;2,7,12-13,16,19H,3-6,8-11H2,1H3;2,7,12-13H,3-6,8-11H2,1H3;2*1-4H2;1-3H3;1-2H3;2*1H4;;;;;;;/q;;;;;;-1;;;;;2*+1;;;;-1/b;;2*7-2+;;;;;;;;;;;;;. The molecular weight excluding hydrogens is 1380 g/mol. The number of carbonyl (C=O) groups excluding carboxylic acids is 2. The van der Waals surface area contributed by atoms with Crippen LogP contribution in [0.4, 0.5) is 0 Å². The Morgan fingerprint density at radius 3 is 1.18 bits per heavy atom. The predicted octanol–water partition coefficient (Wildman–Crippen LogP) is 11.9. The summed E-state index contributed by atoms with van der Waals surface area (Å²) in [4.78, 5) is 52.9. The van der Waals surface area contributed by atoms with Gasteiger partial charge in [-0.15, -0.1) is 5.60 Å². The zero-order valence-corrected chi connectivity index (χ0v) is 70.4. The molecule has 0 amide bonds. The van der Waals surface area contributed by atoms with E-state index in [9.17, 15) is 29.2 Å². The number of Topliss-reactive ketones (excluding diaryl/α,β-unsaturated/α-hetero) is 1. The van der Waals surface area contributed by atoms with Gasteiger partial charge in [-0.1, -0.05) is 117 Å². The molecule has 2 saturated heterocycles. The molecule has 4 aromatic heterocycles. The van der Waals surface area contributed by atoms with E-state index in [-0.39, 0.29) is 128 Å². The Hall–Kier alpha value is -2.39. The van der Waals surface area contributed by atoms with Gasteiger partial charge >= 0.3 is 83.8 Å². The van der Waals surface area contributed by atoms with Gasteiger partial charge < -0.3 is 40.0 Å². The van der Waals surface area contributed by atoms with Crippen molar-refractivity contribution < 1.29 is 129 Å². The Kier molecular flexibility index (Phi) is 68.3. The first-order valence-electron chi connectivity index (χ1n) is 38.8. The number of carboxylic acids is 1. The van der Waals surface area contributed by atoms with Crippen LogP contribution in [-0.2, 0) is 119 Å². The van der Waals surface area contributed by atoms with E-state index in [0.717, 1.165) is 148 Å². The molecule has 2 N–H and O–H groups in total. The van der Waals surface area contributed by atoms with Crippen LogP contribution < -0.4 is 75.4 Å². The molecule has 16 nitrogen and oxygen atoms in total. The molecule has 0 aromatic carbocycles. The molecule has 4 aromatic rings. The zero-order valence-electron chi connectivity index (χ0n) is 67.4. The average molecular weight is 1530 g/mol. The summed E-state index contributed by atoms with van der Waals surface area (Å²) in [5.74, 6) is -0.206. The number of allylic oxidation sites excluding steroid dienone is 3. The SMILES string of the molecule is C.C.C/C=C/C(=O)CCCCc1ccc2c(n1)CCCC2.C/C=C/C(O)CCCCc1ccc2c(n1)CCCC2.C1CCOC1.C1CCOC1.CC(C)(C)[O-].CC(CCCCCCc1ccc2c(n1)CCCC2)CC(=O)O.COC.COP(=O)(CC(=O)CCCCc1ccc2c(n1)CCCC2)OC.[AlH3].[H-].[K+].[Li+]. The Balaban J connectivity index is -0.000000601. The number of pyridine rings is 4. The van der Waals surface area contributed by atoms with Crippen LogP contribution in [0.15, 0.2) is 72.8 Å². The molecule has 6 aliphatic rings. The Labute approximate surface area is 711 Å². The van der Waals surface area contributed by atoms with Gasteiger partial charge in [0.05, 0.1) is 6.10 Å². The van der Waals surface area contributed by atoms with Crippen molar-refractivity contribution in [3.05, 3.63) is 141 Å². The summed E-state index contributed by atoms with van der Waals surface area (Å²) in [7, 11) is 2.64. The number of aryl methyl sites for hydroxylation is 12. The van der Waals surface area contributed by atoms with Gasteiger partial charge in [-0.05, 0) is 271 Å². The molecule has 0 spiro atoms. The van der Waals surface area contributed by atoms with E-state index in [0.29, 0.717) is 25.2 Å². The first-order chi connectivity index (χ1) is 48.7. The van der Waals surface area contributed by atoms with Crippen LogP contribution in [0.1, 0.15) is 299 Å². The number of fused-ring (bicyclic) bond motifs is 4. The van der Waals surface area contributed by atoms with E-state index in [4.69, 9.17) is 43.6 Å². The fourth-order valence-electron chi connectivity index (χ4n) is 12.6. The third kappa shape index (κ3) is 53.5. The molecule has 2 unspecified atom stereocenters. The van der Waals surface area contributed by atoms with Gasteiger partial charge in [0.15, 0.2) is 23.1 Å². The van der Waals surface area contributed by atoms with Crippen molar-refractivity contribution in [1.29, 1.82) is 0 Å². The van der Waals surface area contributed by atoms with Crippen LogP contribution in [0.3, 0.4) is 0 Å². The number of rotatable bonds is 30. The topological polar surface area (TPSA) is 230 Å². The summed E-state index contributed by atoms with van der Waals surface area (Å²) in [5, 5.41) is 28.4. The molecule has 106 heavy (non-hydrogen) atoms. The third-order valence-electron chi connectivity index (χ3n) is 18.1. The number of hydrogen-bond donors (Lipinski definition) is 2. The second-order valence-corrected chi connectivity index (χ2v) is 30.9. The van der Waals surface area contributed by atoms with E-state index in [1.807, 2.05) is 39.0 Å². The van der Waals surface area contributed by atoms with E-state index >= 15 is 0 Å². The van der Waals surface area contributed by atoms with Crippen molar-refractivity contribution in [3.8, 4) is 0 Å². The average Bonchev–Trinajstić information content (AvgIpc) is 1.38. The summed E-state index contributed by atoms with van der Waals surface area (Å²) in [6.07, 6.45) is 49.4. The fourth-order valence-corrected chi connectivity index (χ4v) is 13.6. The van der Waals surface area contributed by atoms with Gasteiger partial charge in [0.2, 0.25) is 0 Å². The van der Waals surface area contributed by atoms with Crippen molar-refractivity contribution in [2.24, 2.45) is 5.92 Å². The largest absolute Gasteiger partial charge is 1.00 e. The quantitative estimate of drug-likeness (QED) is 0.0163. The summed E-state index contributed by atoms with van der Waals surface area (Å²) in [6, 6.07) is 17.7. The van der Waals surface area contributed by atoms with Crippen LogP contribution in [0, 0.1) is 5.92 Å². The van der Waals surface area contributed by atoms with Crippen LogP contribution in [-0.4, -0.2) is 138 Å². The van der Waals surface area contributed by atoms with Crippen LogP contribution in [0.2, 0.25) is 0 Å². The summed E-state index contributed by atoms with van der Waals surface area (Å²) < 4.78 is 35.6. The number of methoxy groups -OCH3 is 1. The molecule has 4 aliphatic carbocycles. The number of aromatic nitrogens is 4. The van der Waals surface area contributed by atoms with Crippen molar-refractivity contribution in [1.82, 2.24) is 19.9 Å². The third-order valence-corrected chi connectivity index (χ3v) is 20.0. The smallest absolute Gasteiger partial charge is 1.00 e. The van der Waals surface area contributed by atoms with Crippen molar-refractivity contribution >= 4 is 42.5 Å². The first-order valence-corrected chi connectivity index (χ1v) is 40.5. The van der Waals surface area contributed by atoms with Gasteiger partial charge in [0, 0.05) is 120 Å². The molecule has 2 fully saturated rings. The second kappa shape index (κ2) is 67.1. The zero-order chi connectivity index (χ0) is 73.8. The molecule has 20 heteroatoms. The monoisotopic (exact) mass is 1530 g/mol. The van der Waals surface area contributed by atoms with Crippen LogP contribution >= 0.6 is 7.60 Å². The maximum Gasteiger partial charge on any atom is 1.00 e. The fraction of sp³-hybridized carbons (Fsp3) is 0.686. The molecule has 2 aliphatic heterocycles. The molecular formula is C86H146AlKLiN4O12P. The van der Waals surface area contributed by atoms with E-state index in [1.54, 1.807) is 41.1 Å². The van der Waals surface area contributed by atoms with E-state index in [2.05, 4.69) is 53.3 Å². The summed E-state index contributed by atoms with van der Waals surface area (Å²) in [5.41, 5.74) is 15.0. The first kappa shape index (κ1) is 108. The number of carbonyl (C=O) groups is 3. The minimum Gasteiger partial charge on any atom is -1.00 e. The number of ether oxygens (including phenoxy) is 3. The van der Waals surface area contributed by atoms with Crippen LogP contribution in [0.25, 0.3) is 0 Å². The second-order valence-electron chi connectivity index (χ2n) is 28.7. The Morgan fingerprint density at radius 1 is 0.538 bits per heavy atom. The molecule has 0 saturated carbocycles. The minimum atomic E-state index is -3.22. The van der Waals surface area contributed by atoms with Crippen molar-refractivity contribution in [3.63, 3.8) is 0 Å². The molecule has 10 rings (SSSR count). The van der Waals surface area contributed by atoms with Gasteiger partial charge in [0.1, 0.15) is 11.9 Å². The summed E-state index contributed by atoms with van der Waals surface area (Å²) in [6.45, 7) is 14.8. The molecule has 2 atom stereocenters. The normalized spacial score (nSPS) is 14.9. The van der Waals surface area contributed by atoms with Crippen LogP contribution in [0.5, 0.6) is 0 Å². The number of unbranched alkanes of at least 4 members (excludes halogenated alkanes) is 6. The number of aliphatic hydroxyl groups excluding tert-OH is 1. The van der Waals surface area contributed by atoms with Crippen molar-refractivity contribution in [2.75, 3.05) is 61.0 Å². The van der Waals surface area contributed by atoms with Gasteiger partial charge in [-0.3, -0.25) is 38.9 Å². The number of aliphatic carboxylic acids is 1. The van der Waals surface area contributed by atoms with Gasteiger partial charge in [-0.2, -0.15) is 0 Å². The number of hydrogen-bond acceptors (Lipinski definition) is 15. The number of nitrogens with zero attached hydrogens (tertiary/aromatic N) is 4. The Bertz CT molecular complexity index is 2980. The molecule has 0 bridgehead atoms. The number of ketones is 2. The molecule has 592 valence electrons. The maximum absolute atomic E-state index is 11.9. The minimum absolute atomic E-state index is 0. The van der Waals surface area contributed by atoms with Gasteiger partial charge in [0.25, 0.3) is 0 Å². The number of carboxylic acid groups (broad SMARTS) is 1. The predicted molar refractivity (Wildman–Crippen MR) is 434 cm³/mol. The molecule has 0 radical (unpaired) electrons. The molecule has 6 heterocycles. The summed E-state index contributed by atoms with van der Waals surface area (Å²) >= 11 is 0. The Morgan fingerprint density at radius 2 is 0.858 bits per heavy atom. The number of aliphatic hydroxyl groups is 1.